The average molecular weight is 265 g/mol. The first-order valence-electron chi connectivity index (χ1n) is 6.57. The average Bonchev–Trinajstić information content (AvgIpc) is 3.18. The van der Waals surface area contributed by atoms with E-state index in [-0.39, 0.29) is 11.7 Å². The van der Waals surface area contributed by atoms with Crippen molar-refractivity contribution < 1.29 is 9.60 Å². The highest BCUT2D eigenvalue weighted by Gasteiger charge is 2.39. The van der Waals surface area contributed by atoms with Gasteiger partial charge in [0, 0.05) is 18.7 Å². The summed E-state index contributed by atoms with van der Waals surface area (Å²) in [7, 11) is 0. The Morgan fingerprint density at radius 2 is 2.21 bits per heavy atom. The molecule has 0 spiro atoms. The van der Waals surface area contributed by atoms with Crippen molar-refractivity contribution in [3.8, 4) is 0 Å². The molecule has 0 radical (unpaired) electrons. The molecule has 4 N–H and O–H groups in total. The summed E-state index contributed by atoms with van der Waals surface area (Å²) in [6.45, 7) is 3.75. The predicted molar refractivity (Wildman–Crippen MR) is 72.6 cm³/mol. The fraction of sp³-hybridized carbons (Fsp3) is 0.500. The maximum atomic E-state index is 13.4. The van der Waals surface area contributed by atoms with Gasteiger partial charge >= 0.3 is 0 Å². The van der Waals surface area contributed by atoms with Crippen LogP contribution < -0.4 is 11.1 Å². The molecular weight excluding hydrogens is 245 g/mol. The van der Waals surface area contributed by atoms with Crippen molar-refractivity contribution in [2.75, 3.05) is 6.54 Å². The Morgan fingerprint density at radius 3 is 2.79 bits per heavy atom. The zero-order chi connectivity index (χ0) is 13.9. The summed E-state index contributed by atoms with van der Waals surface area (Å²) in [6, 6.07) is 4.45. The van der Waals surface area contributed by atoms with Crippen molar-refractivity contribution in [1.29, 1.82) is 0 Å². The minimum absolute atomic E-state index is 0.0760. The van der Waals surface area contributed by atoms with Crippen LogP contribution in [0.5, 0.6) is 0 Å². The molecule has 1 saturated carbocycles. The number of hydrogen-bond donors (Lipinski definition) is 3. The lowest BCUT2D eigenvalue weighted by molar-refractivity contribution is 0.318. The smallest absolute Gasteiger partial charge is 0.170 e. The van der Waals surface area contributed by atoms with E-state index in [0.29, 0.717) is 17.5 Å². The number of nitrogens with one attached hydrogen (secondary N) is 1. The Labute approximate surface area is 112 Å². The number of oxime groups is 1. The third kappa shape index (κ3) is 3.44. The first-order valence-corrected chi connectivity index (χ1v) is 6.57. The lowest BCUT2D eigenvalue weighted by atomic mass is 10.0. The maximum Gasteiger partial charge on any atom is 0.170 e. The largest absolute Gasteiger partial charge is 0.409 e. The number of nitrogens with two attached hydrogens (primary N) is 1. The molecule has 1 aromatic rings. The second-order valence-electron chi connectivity index (χ2n) is 5.29. The summed E-state index contributed by atoms with van der Waals surface area (Å²) < 4.78 is 13.4. The third-order valence-electron chi connectivity index (χ3n) is 3.90. The number of amidine groups is 1. The van der Waals surface area contributed by atoms with Gasteiger partial charge in [-0.15, -0.1) is 0 Å². The molecule has 1 aromatic carbocycles. The van der Waals surface area contributed by atoms with Gasteiger partial charge < -0.3 is 16.3 Å². The molecule has 0 unspecified atom stereocenters. The maximum absolute atomic E-state index is 13.4. The molecule has 2 rings (SSSR count). The summed E-state index contributed by atoms with van der Waals surface area (Å²) >= 11 is 0. The zero-order valence-corrected chi connectivity index (χ0v) is 11.1. The van der Waals surface area contributed by atoms with Crippen LogP contribution >= 0.6 is 0 Å². The SMILES string of the molecule is CCC1(CNCc2cc(F)cc(/C(N)=N/O)c2)CC1. The first-order chi connectivity index (χ1) is 9.08. The zero-order valence-electron chi connectivity index (χ0n) is 11.1. The van der Waals surface area contributed by atoms with Gasteiger partial charge in [-0.1, -0.05) is 12.1 Å². The summed E-state index contributed by atoms with van der Waals surface area (Å²) in [6.07, 6.45) is 3.72. The summed E-state index contributed by atoms with van der Waals surface area (Å²) in [4.78, 5) is 0. The van der Waals surface area contributed by atoms with Gasteiger partial charge in [0.2, 0.25) is 0 Å². The second-order valence-corrected chi connectivity index (χ2v) is 5.29. The molecule has 0 atom stereocenters. The Balaban J connectivity index is 1.98. The number of nitrogens with zero attached hydrogens (tertiary/aromatic N) is 1. The van der Waals surface area contributed by atoms with Gasteiger partial charge in [-0.2, -0.15) is 0 Å². The molecule has 0 amide bonds. The monoisotopic (exact) mass is 265 g/mol. The molecule has 1 aliphatic carbocycles. The van der Waals surface area contributed by atoms with Gasteiger partial charge in [0.15, 0.2) is 5.84 Å². The van der Waals surface area contributed by atoms with E-state index in [1.807, 2.05) is 0 Å². The van der Waals surface area contributed by atoms with E-state index in [1.165, 1.54) is 31.4 Å². The van der Waals surface area contributed by atoms with E-state index in [0.717, 1.165) is 12.1 Å². The standard InChI is InChI=1S/C14H20FN3O/c1-2-14(3-4-14)9-17-8-10-5-11(13(16)18-19)7-12(15)6-10/h5-7,17,19H,2-4,8-9H2,1H3,(H2,16,18). The summed E-state index contributed by atoms with van der Waals surface area (Å²) in [5, 5.41) is 14.9. The topological polar surface area (TPSA) is 70.6 Å². The molecule has 5 heteroatoms. The van der Waals surface area contributed by atoms with Crippen LogP contribution in [0.4, 0.5) is 4.39 Å². The van der Waals surface area contributed by atoms with Crippen molar-refractivity contribution >= 4 is 5.84 Å². The van der Waals surface area contributed by atoms with Crippen LogP contribution in [0, 0.1) is 11.2 Å². The van der Waals surface area contributed by atoms with Gasteiger partial charge in [-0.25, -0.2) is 4.39 Å². The normalized spacial score (nSPS) is 17.5. The molecule has 19 heavy (non-hydrogen) atoms. The van der Waals surface area contributed by atoms with Crippen LogP contribution in [0.3, 0.4) is 0 Å². The van der Waals surface area contributed by atoms with Crippen molar-refractivity contribution in [3.63, 3.8) is 0 Å². The fourth-order valence-corrected chi connectivity index (χ4v) is 2.26. The second kappa shape index (κ2) is 5.57. The van der Waals surface area contributed by atoms with E-state index in [9.17, 15) is 4.39 Å². The Kier molecular flexibility index (Phi) is 4.04. The Bertz CT molecular complexity index is 484. The van der Waals surface area contributed by atoms with Crippen LogP contribution in [-0.2, 0) is 6.54 Å². The third-order valence-corrected chi connectivity index (χ3v) is 3.90. The molecule has 0 heterocycles. The van der Waals surface area contributed by atoms with Crippen LogP contribution in [0.25, 0.3) is 0 Å². The highest BCUT2D eigenvalue weighted by atomic mass is 19.1. The highest BCUT2D eigenvalue weighted by molar-refractivity contribution is 5.97. The molecule has 1 fully saturated rings. The van der Waals surface area contributed by atoms with Crippen LogP contribution in [0.2, 0.25) is 0 Å². The highest BCUT2D eigenvalue weighted by Crippen LogP contribution is 2.47. The van der Waals surface area contributed by atoms with Gasteiger partial charge in [0.25, 0.3) is 0 Å². The first kappa shape index (κ1) is 13.8. The number of halogens is 1. The molecule has 1 aliphatic rings. The van der Waals surface area contributed by atoms with Crippen LogP contribution in [0.1, 0.15) is 37.3 Å². The quantitative estimate of drug-likeness (QED) is 0.319. The summed E-state index contributed by atoms with van der Waals surface area (Å²) in [5.41, 5.74) is 7.13. The van der Waals surface area contributed by atoms with E-state index in [2.05, 4.69) is 17.4 Å². The molecule has 104 valence electrons. The minimum Gasteiger partial charge on any atom is -0.409 e. The number of rotatable bonds is 6. The predicted octanol–water partition coefficient (Wildman–Crippen LogP) is 2.20. The van der Waals surface area contributed by atoms with Crippen molar-refractivity contribution in [2.24, 2.45) is 16.3 Å². The molecule has 0 aliphatic heterocycles. The van der Waals surface area contributed by atoms with Gasteiger partial charge in [0.05, 0.1) is 0 Å². The molecular formula is C14H20FN3O. The van der Waals surface area contributed by atoms with Crippen LogP contribution in [-0.4, -0.2) is 17.6 Å². The lowest BCUT2D eigenvalue weighted by Gasteiger charge is -2.13. The van der Waals surface area contributed by atoms with Crippen LogP contribution in [0.15, 0.2) is 23.4 Å². The Hall–Kier alpha value is -1.62. The lowest BCUT2D eigenvalue weighted by Crippen LogP contribution is -2.23. The molecule has 0 saturated heterocycles. The number of hydrogen-bond acceptors (Lipinski definition) is 3. The van der Waals surface area contributed by atoms with E-state index in [1.54, 1.807) is 6.07 Å². The molecule has 4 nitrogen and oxygen atoms in total. The fourth-order valence-electron chi connectivity index (χ4n) is 2.26. The molecule has 0 aromatic heterocycles. The minimum atomic E-state index is -0.377. The van der Waals surface area contributed by atoms with Crippen molar-refractivity contribution in [3.05, 3.63) is 35.1 Å². The van der Waals surface area contributed by atoms with E-state index < -0.39 is 0 Å². The summed E-state index contributed by atoms with van der Waals surface area (Å²) in [5.74, 6) is -0.453. The van der Waals surface area contributed by atoms with Gasteiger partial charge in [-0.05, 0) is 48.4 Å². The number of benzene rings is 1. The van der Waals surface area contributed by atoms with Crippen molar-refractivity contribution in [2.45, 2.75) is 32.7 Å². The van der Waals surface area contributed by atoms with E-state index in [4.69, 9.17) is 10.9 Å². The van der Waals surface area contributed by atoms with Crippen molar-refractivity contribution in [1.82, 2.24) is 5.32 Å². The molecule has 0 bridgehead atoms. The van der Waals surface area contributed by atoms with Gasteiger partial charge in [0.1, 0.15) is 5.82 Å². The van der Waals surface area contributed by atoms with Gasteiger partial charge in [-0.3, -0.25) is 0 Å². The van der Waals surface area contributed by atoms with E-state index >= 15 is 0 Å². The Morgan fingerprint density at radius 1 is 1.47 bits per heavy atom.